The molecule has 1 aromatic heterocycles. The van der Waals surface area contributed by atoms with E-state index in [-0.39, 0.29) is 5.91 Å². The van der Waals surface area contributed by atoms with E-state index < -0.39 is 0 Å². The highest BCUT2D eigenvalue weighted by Crippen LogP contribution is 2.17. The van der Waals surface area contributed by atoms with Crippen LogP contribution in [0.1, 0.15) is 29.4 Å². The third-order valence-electron chi connectivity index (χ3n) is 3.62. The van der Waals surface area contributed by atoms with Crippen LogP contribution in [0.4, 0.5) is 0 Å². The molecule has 0 aliphatic rings. The molecule has 2 aromatic rings. The summed E-state index contributed by atoms with van der Waals surface area (Å²) < 4.78 is 6.87. The lowest BCUT2D eigenvalue weighted by molar-refractivity contribution is 0.0778. The van der Waals surface area contributed by atoms with Gasteiger partial charge in [-0.05, 0) is 25.0 Å². The molecule has 2 rings (SSSR count). The first kappa shape index (κ1) is 16.2. The molecular weight excluding hydrogens is 278 g/mol. The number of carbonyl (C=O) groups is 1. The van der Waals surface area contributed by atoms with Crippen molar-refractivity contribution in [2.24, 2.45) is 0 Å². The van der Waals surface area contributed by atoms with Crippen molar-refractivity contribution in [2.45, 2.75) is 19.8 Å². The second kappa shape index (κ2) is 7.75. The predicted molar refractivity (Wildman–Crippen MR) is 86.4 cm³/mol. The fourth-order valence-corrected chi connectivity index (χ4v) is 2.44. The van der Waals surface area contributed by atoms with Crippen molar-refractivity contribution in [1.29, 1.82) is 0 Å². The zero-order valence-corrected chi connectivity index (χ0v) is 13.5. The Morgan fingerprint density at radius 1 is 1.32 bits per heavy atom. The summed E-state index contributed by atoms with van der Waals surface area (Å²) in [7, 11) is 3.48. The molecule has 1 amide bonds. The molecule has 0 radical (unpaired) electrons. The molecule has 118 valence electrons. The minimum atomic E-state index is 0.00938. The third kappa shape index (κ3) is 3.54. The molecule has 0 unspecified atom stereocenters. The maximum atomic E-state index is 12.6. The van der Waals surface area contributed by atoms with Gasteiger partial charge >= 0.3 is 0 Å². The second-order valence-electron chi connectivity index (χ2n) is 5.18. The fraction of sp³-hybridized carbons (Fsp3) is 0.412. The van der Waals surface area contributed by atoms with Gasteiger partial charge in [0.15, 0.2) is 0 Å². The Morgan fingerprint density at radius 3 is 2.68 bits per heavy atom. The summed E-state index contributed by atoms with van der Waals surface area (Å²) in [5, 5.41) is 4.40. The highest BCUT2D eigenvalue weighted by Gasteiger charge is 2.19. The summed E-state index contributed by atoms with van der Waals surface area (Å²) in [6.45, 7) is 3.37. The lowest BCUT2D eigenvalue weighted by Crippen LogP contribution is -2.29. The van der Waals surface area contributed by atoms with Crippen LogP contribution in [0.15, 0.2) is 36.5 Å². The zero-order chi connectivity index (χ0) is 15.9. The predicted octanol–water partition coefficient (Wildman–Crippen LogP) is 2.54. The SMILES string of the molecule is CCc1c(C(=O)N(C)CCCOC)cnn1-c1ccccc1. The zero-order valence-electron chi connectivity index (χ0n) is 13.5. The maximum absolute atomic E-state index is 12.6. The Kier molecular flexibility index (Phi) is 5.72. The van der Waals surface area contributed by atoms with Crippen molar-refractivity contribution in [2.75, 3.05) is 27.3 Å². The van der Waals surface area contributed by atoms with Crippen molar-refractivity contribution >= 4 is 5.91 Å². The van der Waals surface area contributed by atoms with Crippen LogP contribution < -0.4 is 0 Å². The Morgan fingerprint density at radius 2 is 2.05 bits per heavy atom. The summed E-state index contributed by atoms with van der Waals surface area (Å²) in [6.07, 6.45) is 3.25. The van der Waals surface area contributed by atoms with Crippen LogP contribution in [0, 0.1) is 0 Å². The first-order chi connectivity index (χ1) is 10.7. The van der Waals surface area contributed by atoms with E-state index >= 15 is 0 Å². The number of hydrogen-bond donors (Lipinski definition) is 0. The summed E-state index contributed by atoms with van der Waals surface area (Å²) in [4.78, 5) is 14.3. The lowest BCUT2D eigenvalue weighted by atomic mass is 10.1. The molecule has 0 saturated carbocycles. The summed E-state index contributed by atoms with van der Waals surface area (Å²) in [5.41, 5.74) is 2.58. The van der Waals surface area contributed by atoms with Crippen LogP contribution in [-0.4, -0.2) is 47.9 Å². The Balaban J connectivity index is 2.21. The molecule has 0 bridgehead atoms. The van der Waals surface area contributed by atoms with E-state index in [0.717, 1.165) is 24.2 Å². The van der Waals surface area contributed by atoms with Gasteiger partial charge in [-0.3, -0.25) is 4.79 Å². The van der Waals surface area contributed by atoms with Crippen molar-refractivity contribution in [3.8, 4) is 5.69 Å². The van der Waals surface area contributed by atoms with Gasteiger partial charge in [-0.25, -0.2) is 4.68 Å². The molecule has 0 N–H and O–H groups in total. The lowest BCUT2D eigenvalue weighted by Gasteiger charge is -2.17. The maximum Gasteiger partial charge on any atom is 0.257 e. The number of ether oxygens (including phenoxy) is 1. The molecular formula is C17H23N3O2. The monoisotopic (exact) mass is 301 g/mol. The number of benzene rings is 1. The van der Waals surface area contributed by atoms with Crippen LogP contribution in [0.3, 0.4) is 0 Å². The van der Waals surface area contributed by atoms with E-state index in [2.05, 4.69) is 5.10 Å². The second-order valence-corrected chi connectivity index (χ2v) is 5.18. The highest BCUT2D eigenvalue weighted by molar-refractivity contribution is 5.95. The molecule has 1 heterocycles. The van der Waals surface area contributed by atoms with Gasteiger partial charge < -0.3 is 9.64 Å². The number of carbonyl (C=O) groups excluding carboxylic acids is 1. The summed E-state index contributed by atoms with van der Waals surface area (Å²) >= 11 is 0. The fourth-order valence-electron chi connectivity index (χ4n) is 2.44. The molecule has 0 spiro atoms. The number of para-hydroxylation sites is 1. The first-order valence-corrected chi connectivity index (χ1v) is 7.55. The highest BCUT2D eigenvalue weighted by atomic mass is 16.5. The van der Waals surface area contributed by atoms with Crippen LogP contribution in [0.5, 0.6) is 0 Å². The molecule has 0 fully saturated rings. The molecule has 5 heteroatoms. The van der Waals surface area contributed by atoms with Gasteiger partial charge in [0, 0.05) is 27.3 Å². The minimum absolute atomic E-state index is 0.00938. The van der Waals surface area contributed by atoms with Gasteiger partial charge in [0.1, 0.15) is 0 Å². The minimum Gasteiger partial charge on any atom is -0.385 e. The van der Waals surface area contributed by atoms with E-state index in [4.69, 9.17) is 4.74 Å². The van der Waals surface area contributed by atoms with Gasteiger partial charge in [0.25, 0.3) is 5.91 Å². The number of rotatable bonds is 7. The van der Waals surface area contributed by atoms with Gasteiger partial charge in [0.2, 0.25) is 0 Å². The molecule has 0 aliphatic carbocycles. The van der Waals surface area contributed by atoms with E-state index in [1.54, 1.807) is 18.2 Å². The number of nitrogens with zero attached hydrogens (tertiary/aromatic N) is 3. The van der Waals surface area contributed by atoms with Crippen molar-refractivity contribution < 1.29 is 9.53 Å². The standard InChI is InChI=1S/C17H23N3O2/c1-4-16-15(17(21)19(2)11-8-12-22-3)13-18-20(16)14-9-6-5-7-10-14/h5-7,9-10,13H,4,8,11-12H2,1-3H3. The van der Waals surface area contributed by atoms with E-state index in [9.17, 15) is 4.79 Å². The number of hydrogen-bond acceptors (Lipinski definition) is 3. The van der Waals surface area contributed by atoms with Gasteiger partial charge in [-0.1, -0.05) is 25.1 Å². The number of aromatic nitrogens is 2. The topological polar surface area (TPSA) is 47.4 Å². The Hall–Kier alpha value is -2.14. The Bertz CT molecular complexity index is 608. The number of amides is 1. The van der Waals surface area contributed by atoms with E-state index in [1.807, 2.05) is 49.0 Å². The molecule has 0 atom stereocenters. The van der Waals surface area contributed by atoms with Gasteiger partial charge in [-0.15, -0.1) is 0 Å². The van der Waals surface area contributed by atoms with Crippen LogP contribution in [0.2, 0.25) is 0 Å². The van der Waals surface area contributed by atoms with Crippen molar-refractivity contribution in [1.82, 2.24) is 14.7 Å². The largest absolute Gasteiger partial charge is 0.385 e. The average molecular weight is 301 g/mol. The average Bonchev–Trinajstić information content (AvgIpc) is 2.98. The molecule has 5 nitrogen and oxygen atoms in total. The van der Waals surface area contributed by atoms with Crippen LogP contribution >= 0.6 is 0 Å². The number of methoxy groups -OCH3 is 1. The molecule has 1 aromatic carbocycles. The van der Waals surface area contributed by atoms with Crippen molar-refractivity contribution in [3.63, 3.8) is 0 Å². The Labute approximate surface area is 131 Å². The molecule has 0 aliphatic heterocycles. The van der Waals surface area contributed by atoms with Crippen LogP contribution in [-0.2, 0) is 11.2 Å². The van der Waals surface area contributed by atoms with Gasteiger partial charge in [0.05, 0.1) is 23.1 Å². The molecule has 0 saturated heterocycles. The van der Waals surface area contributed by atoms with Gasteiger partial charge in [-0.2, -0.15) is 5.10 Å². The first-order valence-electron chi connectivity index (χ1n) is 7.55. The smallest absolute Gasteiger partial charge is 0.257 e. The van der Waals surface area contributed by atoms with E-state index in [1.165, 1.54) is 0 Å². The van der Waals surface area contributed by atoms with Crippen molar-refractivity contribution in [3.05, 3.63) is 47.8 Å². The summed E-state index contributed by atoms with van der Waals surface area (Å²) in [6, 6.07) is 9.88. The molecule has 22 heavy (non-hydrogen) atoms. The normalized spacial score (nSPS) is 10.7. The third-order valence-corrected chi connectivity index (χ3v) is 3.62. The quantitative estimate of drug-likeness (QED) is 0.738. The van der Waals surface area contributed by atoms with E-state index in [0.29, 0.717) is 18.7 Å². The van der Waals surface area contributed by atoms with Crippen LogP contribution in [0.25, 0.3) is 5.69 Å². The summed E-state index contributed by atoms with van der Waals surface area (Å²) in [5.74, 6) is 0.00938.